The van der Waals surface area contributed by atoms with Crippen molar-refractivity contribution in [1.29, 1.82) is 0 Å². The summed E-state index contributed by atoms with van der Waals surface area (Å²) in [5.74, 6) is 0.173. The maximum Gasteiger partial charge on any atom is 0.237 e. The maximum absolute atomic E-state index is 12.6. The molecule has 0 bridgehead atoms. The van der Waals surface area contributed by atoms with Crippen LogP contribution in [0.4, 0.5) is 0 Å². The van der Waals surface area contributed by atoms with Gasteiger partial charge in [0, 0.05) is 32.3 Å². The van der Waals surface area contributed by atoms with Gasteiger partial charge in [-0.25, -0.2) is 0 Å². The quantitative estimate of drug-likeness (QED) is 0.304. The van der Waals surface area contributed by atoms with E-state index < -0.39 is 0 Å². The van der Waals surface area contributed by atoms with Crippen molar-refractivity contribution in [1.82, 2.24) is 20.5 Å². The Bertz CT molecular complexity index is 653. The van der Waals surface area contributed by atoms with Crippen molar-refractivity contribution in [3.05, 3.63) is 30.1 Å². The zero-order valence-electron chi connectivity index (χ0n) is 20.8. The topological polar surface area (TPSA) is 74.3 Å². The second-order valence-corrected chi connectivity index (χ2v) is 9.38. The van der Waals surface area contributed by atoms with Crippen LogP contribution in [0.1, 0.15) is 103 Å². The van der Waals surface area contributed by atoms with Gasteiger partial charge in [-0.3, -0.25) is 19.5 Å². The summed E-state index contributed by atoms with van der Waals surface area (Å²) >= 11 is 0. The minimum atomic E-state index is -0.0860. The van der Waals surface area contributed by atoms with Crippen LogP contribution in [0, 0.1) is 0 Å². The summed E-state index contributed by atoms with van der Waals surface area (Å²) in [6.45, 7) is 5.22. The maximum atomic E-state index is 12.6. The summed E-state index contributed by atoms with van der Waals surface area (Å²) in [6, 6.07) is 5.80. The Kier molecular flexibility index (Phi) is 14.5. The molecule has 1 aromatic heterocycles. The summed E-state index contributed by atoms with van der Waals surface area (Å²) in [4.78, 5) is 31.2. The number of nitrogens with one attached hydrogen (secondary N) is 2. The molecule has 33 heavy (non-hydrogen) atoms. The number of unbranched alkanes of at least 4 members (excludes halogenated alkanes) is 9. The van der Waals surface area contributed by atoms with E-state index in [-0.39, 0.29) is 17.9 Å². The first-order valence-corrected chi connectivity index (χ1v) is 13.4. The predicted molar refractivity (Wildman–Crippen MR) is 135 cm³/mol. The highest BCUT2D eigenvalue weighted by Gasteiger charge is 2.30. The lowest BCUT2D eigenvalue weighted by Crippen LogP contribution is -2.43. The SMILES string of the molecule is CCCCCCCCCCCCNC(=O)CCCNC(=O)C1CCCN1Cc1ccccn1. The zero-order valence-corrected chi connectivity index (χ0v) is 20.8. The smallest absolute Gasteiger partial charge is 0.237 e. The lowest BCUT2D eigenvalue weighted by atomic mass is 10.1. The van der Waals surface area contributed by atoms with Crippen molar-refractivity contribution < 1.29 is 9.59 Å². The molecule has 186 valence electrons. The number of aromatic nitrogens is 1. The van der Waals surface area contributed by atoms with E-state index in [1.165, 1.54) is 57.8 Å². The Morgan fingerprint density at radius 2 is 1.64 bits per heavy atom. The number of carbonyl (C=O) groups excluding carboxylic acids is 2. The highest BCUT2D eigenvalue weighted by atomic mass is 16.2. The van der Waals surface area contributed by atoms with E-state index >= 15 is 0 Å². The van der Waals surface area contributed by atoms with Crippen LogP contribution in [0.15, 0.2) is 24.4 Å². The van der Waals surface area contributed by atoms with Gasteiger partial charge in [0.25, 0.3) is 0 Å². The van der Waals surface area contributed by atoms with Crippen molar-refractivity contribution in [3.63, 3.8) is 0 Å². The van der Waals surface area contributed by atoms with Crippen LogP contribution in [0.5, 0.6) is 0 Å². The highest BCUT2D eigenvalue weighted by molar-refractivity contribution is 5.82. The molecule has 1 fully saturated rings. The summed E-state index contributed by atoms with van der Waals surface area (Å²) in [7, 11) is 0. The van der Waals surface area contributed by atoms with Crippen LogP contribution in [0.25, 0.3) is 0 Å². The molecule has 0 aromatic carbocycles. The molecule has 2 rings (SSSR count). The van der Waals surface area contributed by atoms with Gasteiger partial charge in [-0.05, 0) is 44.4 Å². The van der Waals surface area contributed by atoms with E-state index in [2.05, 4.69) is 27.4 Å². The second-order valence-electron chi connectivity index (χ2n) is 9.38. The standard InChI is InChI=1S/C27H46N4O2/c1-2-3-4-5-6-7-8-9-10-12-20-29-26(32)18-14-21-30-27(33)25-17-15-22-31(25)23-24-16-11-13-19-28-24/h11,13,16,19,25H,2-10,12,14-15,17-18,20-23H2,1H3,(H,29,32)(H,30,33). The van der Waals surface area contributed by atoms with Crippen LogP contribution < -0.4 is 10.6 Å². The van der Waals surface area contributed by atoms with Crippen LogP contribution in [0.3, 0.4) is 0 Å². The number of likely N-dealkylation sites (tertiary alicyclic amines) is 1. The molecule has 2 heterocycles. The van der Waals surface area contributed by atoms with Crippen molar-refractivity contribution in [2.45, 2.75) is 109 Å². The lowest BCUT2D eigenvalue weighted by molar-refractivity contribution is -0.126. The fourth-order valence-corrected chi connectivity index (χ4v) is 4.52. The van der Waals surface area contributed by atoms with Gasteiger partial charge in [0.1, 0.15) is 0 Å². The summed E-state index contributed by atoms with van der Waals surface area (Å²) in [5.41, 5.74) is 0.997. The molecule has 2 N–H and O–H groups in total. The van der Waals surface area contributed by atoms with E-state index in [0.717, 1.165) is 38.0 Å². The molecule has 0 saturated carbocycles. The summed E-state index contributed by atoms with van der Waals surface area (Å²) < 4.78 is 0. The first-order valence-electron chi connectivity index (χ1n) is 13.4. The molecule has 0 spiro atoms. The Morgan fingerprint density at radius 3 is 2.33 bits per heavy atom. The fraction of sp³-hybridized carbons (Fsp3) is 0.741. The van der Waals surface area contributed by atoms with Gasteiger partial charge in [-0.1, -0.05) is 70.8 Å². The van der Waals surface area contributed by atoms with Gasteiger partial charge in [-0.2, -0.15) is 0 Å². The molecule has 1 aliphatic heterocycles. The molecule has 1 atom stereocenters. The number of pyridine rings is 1. The molecule has 1 aromatic rings. The Balaban J connectivity index is 1.44. The van der Waals surface area contributed by atoms with E-state index in [0.29, 0.717) is 25.9 Å². The van der Waals surface area contributed by atoms with Gasteiger partial charge < -0.3 is 10.6 Å². The fourth-order valence-electron chi connectivity index (χ4n) is 4.52. The number of amides is 2. The first-order chi connectivity index (χ1) is 16.2. The highest BCUT2D eigenvalue weighted by Crippen LogP contribution is 2.19. The van der Waals surface area contributed by atoms with Gasteiger partial charge in [0.15, 0.2) is 0 Å². The van der Waals surface area contributed by atoms with Gasteiger partial charge in [0.05, 0.1) is 11.7 Å². The second kappa shape index (κ2) is 17.5. The number of carbonyl (C=O) groups is 2. The van der Waals surface area contributed by atoms with Crippen LogP contribution >= 0.6 is 0 Å². The molecule has 6 nitrogen and oxygen atoms in total. The number of nitrogens with zero attached hydrogens (tertiary/aromatic N) is 2. The lowest BCUT2D eigenvalue weighted by Gasteiger charge is -2.23. The Labute approximate surface area is 201 Å². The average molecular weight is 459 g/mol. The molecule has 1 saturated heterocycles. The van der Waals surface area contributed by atoms with Crippen molar-refractivity contribution in [2.75, 3.05) is 19.6 Å². The van der Waals surface area contributed by atoms with Gasteiger partial charge in [0.2, 0.25) is 11.8 Å². The number of rotatable bonds is 18. The minimum Gasteiger partial charge on any atom is -0.356 e. The van der Waals surface area contributed by atoms with E-state index in [4.69, 9.17) is 0 Å². The van der Waals surface area contributed by atoms with Crippen LogP contribution in [-0.4, -0.2) is 47.4 Å². The average Bonchev–Trinajstić information content (AvgIpc) is 3.29. The summed E-state index contributed by atoms with van der Waals surface area (Å²) in [5, 5.41) is 6.05. The molecule has 6 heteroatoms. The first kappa shape index (κ1) is 27.3. The van der Waals surface area contributed by atoms with Crippen molar-refractivity contribution in [2.24, 2.45) is 0 Å². The number of hydrogen-bond acceptors (Lipinski definition) is 4. The largest absolute Gasteiger partial charge is 0.356 e. The monoisotopic (exact) mass is 458 g/mol. The van der Waals surface area contributed by atoms with Crippen molar-refractivity contribution in [3.8, 4) is 0 Å². The van der Waals surface area contributed by atoms with Gasteiger partial charge >= 0.3 is 0 Å². The zero-order chi connectivity index (χ0) is 23.6. The molecule has 1 unspecified atom stereocenters. The van der Waals surface area contributed by atoms with E-state index in [9.17, 15) is 9.59 Å². The van der Waals surface area contributed by atoms with E-state index in [1.54, 1.807) is 6.20 Å². The Hall–Kier alpha value is -1.95. The number of hydrogen-bond donors (Lipinski definition) is 2. The predicted octanol–water partition coefficient (Wildman–Crippen LogP) is 4.98. The van der Waals surface area contributed by atoms with E-state index in [1.807, 2.05) is 18.2 Å². The normalized spacial score (nSPS) is 16.1. The van der Waals surface area contributed by atoms with Gasteiger partial charge in [-0.15, -0.1) is 0 Å². The third-order valence-electron chi connectivity index (χ3n) is 6.49. The molecule has 0 radical (unpaired) electrons. The third kappa shape index (κ3) is 12.2. The van der Waals surface area contributed by atoms with Crippen LogP contribution in [0.2, 0.25) is 0 Å². The minimum absolute atomic E-state index is 0.0780. The molecular weight excluding hydrogens is 412 g/mol. The third-order valence-corrected chi connectivity index (χ3v) is 6.49. The molecule has 2 amide bonds. The molecule has 0 aliphatic carbocycles. The van der Waals surface area contributed by atoms with Crippen LogP contribution in [-0.2, 0) is 16.1 Å². The molecular formula is C27H46N4O2. The summed E-state index contributed by atoms with van der Waals surface area (Å²) in [6.07, 6.45) is 17.9. The Morgan fingerprint density at radius 1 is 0.939 bits per heavy atom. The molecule has 1 aliphatic rings. The van der Waals surface area contributed by atoms with Crippen molar-refractivity contribution >= 4 is 11.8 Å².